The largest absolute Gasteiger partial charge is 0.326 e. The van der Waals surface area contributed by atoms with Gasteiger partial charge in [-0.25, -0.2) is 13.6 Å². The molecular weight excluding hydrogens is 340 g/mol. The maximum atomic E-state index is 12.1. The summed E-state index contributed by atoms with van der Waals surface area (Å²) in [6.45, 7) is 2.46. The predicted molar refractivity (Wildman–Crippen MR) is 95.5 cm³/mol. The highest BCUT2D eigenvalue weighted by Gasteiger charge is 2.09. The summed E-state index contributed by atoms with van der Waals surface area (Å²) in [6.07, 6.45) is 2.03. The fourth-order valence-corrected chi connectivity index (χ4v) is 3.03. The van der Waals surface area contributed by atoms with Crippen molar-refractivity contribution in [3.05, 3.63) is 54.2 Å². The van der Waals surface area contributed by atoms with E-state index in [1.807, 2.05) is 25.1 Å². The van der Waals surface area contributed by atoms with E-state index < -0.39 is 10.0 Å². The maximum Gasteiger partial charge on any atom is 0.238 e. The zero-order valence-corrected chi connectivity index (χ0v) is 14.5. The monoisotopic (exact) mass is 358 g/mol. The second-order valence-electron chi connectivity index (χ2n) is 5.80. The van der Waals surface area contributed by atoms with Crippen LogP contribution in [-0.4, -0.2) is 24.1 Å². The third kappa shape index (κ3) is 4.04. The number of hydrogen-bond acceptors (Lipinski definition) is 4. The number of carbonyl (C=O) groups is 1. The molecule has 0 radical (unpaired) electrons. The lowest BCUT2D eigenvalue weighted by Gasteiger charge is -2.07. The van der Waals surface area contributed by atoms with Crippen LogP contribution in [0.25, 0.3) is 10.9 Å². The zero-order valence-electron chi connectivity index (χ0n) is 13.6. The fraction of sp³-hybridized carbons (Fsp3) is 0.176. The number of nitrogens with zero attached hydrogens (tertiary/aromatic N) is 2. The topological polar surface area (TPSA) is 107 Å². The lowest BCUT2D eigenvalue weighted by molar-refractivity contribution is -0.116. The molecule has 1 aromatic heterocycles. The van der Waals surface area contributed by atoms with Crippen molar-refractivity contribution < 1.29 is 13.2 Å². The number of carbonyl (C=O) groups excluding carboxylic acids is 1. The molecular formula is C17H18N4O3S. The van der Waals surface area contributed by atoms with Gasteiger partial charge in [0, 0.05) is 17.5 Å². The molecule has 0 spiro atoms. The lowest BCUT2D eigenvalue weighted by atomic mass is 10.2. The number of aromatic nitrogens is 2. The van der Waals surface area contributed by atoms with Crippen LogP contribution in [0.3, 0.4) is 0 Å². The van der Waals surface area contributed by atoms with Crippen LogP contribution in [0.2, 0.25) is 0 Å². The van der Waals surface area contributed by atoms with E-state index in [-0.39, 0.29) is 17.2 Å². The second-order valence-corrected chi connectivity index (χ2v) is 7.36. The molecule has 3 rings (SSSR count). The zero-order chi connectivity index (χ0) is 18.0. The number of fused-ring (bicyclic) bond motifs is 1. The van der Waals surface area contributed by atoms with Crippen LogP contribution >= 0.6 is 0 Å². The first kappa shape index (κ1) is 17.1. The molecule has 0 atom stereocenters. The summed E-state index contributed by atoms with van der Waals surface area (Å²) < 4.78 is 24.2. The molecule has 1 heterocycles. The molecule has 7 nitrogen and oxygen atoms in total. The van der Waals surface area contributed by atoms with Gasteiger partial charge in [-0.05, 0) is 42.8 Å². The van der Waals surface area contributed by atoms with Crippen molar-refractivity contribution in [3.8, 4) is 0 Å². The summed E-state index contributed by atoms with van der Waals surface area (Å²) in [5.74, 6) is -0.181. The molecule has 2 aromatic carbocycles. The summed E-state index contributed by atoms with van der Waals surface area (Å²) in [7, 11) is -3.74. The highest BCUT2D eigenvalue weighted by Crippen LogP contribution is 2.16. The van der Waals surface area contributed by atoms with Gasteiger partial charge in [0.2, 0.25) is 15.9 Å². The molecule has 0 unspecified atom stereocenters. The van der Waals surface area contributed by atoms with E-state index in [4.69, 9.17) is 5.14 Å². The van der Waals surface area contributed by atoms with Crippen LogP contribution in [0.15, 0.2) is 53.6 Å². The Hall–Kier alpha value is -2.71. The Kier molecular flexibility index (Phi) is 4.56. The second kappa shape index (κ2) is 6.66. The molecule has 8 heteroatoms. The molecule has 1 amide bonds. The van der Waals surface area contributed by atoms with E-state index in [2.05, 4.69) is 10.4 Å². The molecule has 0 bridgehead atoms. The summed E-state index contributed by atoms with van der Waals surface area (Å²) in [5.41, 5.74) is 2.64. The van der Waals surface area contributed by atoms with Gasteiger partial charge in [-0.3, -0.25) is 9.48 Å². The van der Waals surface area contributed by atoms with Gasteiger partial charge in [0.15, 0.2) is 0 Å². The van der Waals surface area contributed by atoms with Gasteiger partial charge in [0.05, 0.1) is 23.2 Å². The molecule has 0 aliphatic carbocycles. The number of rotatable bonds is 5. The summed E-state index contributed by atoms with van der Waals surface area (Å²) in [5, 5.41) is 13.1. The summed E-state index contributed by atoms with van der Waals surface area (Å²) in [6, 6.07) is 11.8. The molecule has 130 valence electrons. The Labute approximate surface area is 145 Å². The number of amides is 1. The Morgan fingerprint density at radius 3 is 2.60 bits per heavy atom. The van der Waals surface area contributed by atoms with Crippen molar-refractivity contribution in [2.75, 3.05) is 5.32 Å². The number of hydrogen-bond donors (Lipinski definition) is 2. The van der Waals surface area contributed by atoms with Gasteiger partial charge in [-0.2, -0.15) is 5.10 Å². The van der Waals surface area contributed by atoms with E-state index in [0.717, 1.165) is 16.5 Å². The minimum absolute atomic E-state index is 0.00359. The Balaban J connectivity index is 1.63. The first-order valence-corrected chi connectivity index (χ1v) is 9.22. The van der Waals surface area contributed by atoms with Crippen molar-refractivity contribution in [2.45, 2.75) is 24.8 Å². The molecule has 25 heavy (non-hydrogen) atoms. The van der Waals surface area contributed by atoms with Crippen LogP contribution < -0.4 is 10.5 Å². The van der Waals surface area contributed by atoms with E-state index in [0.29, 0.717) is 12.2 Å². The van der Waals surface area contributed by atoms with Gasteiger partial charge in [-0.15, -0.1) is 0 Å². The average Bonchev–Trinajstić information content (AvgIpc) is 2.95. The molecule has 0 saturated carbocycles. The number of primary sulfonamides is 1. The van der Waals surface area contributed by atoms with Crippen LogP contribution in [0, 0.1) is 6.92 Å². The first-order chi connectivity index (χ1) is 11.8. The summed E-state index contributed by atoms with van der Waals surface area (Å²) >= 11 is 0. The highest BCUT2D eigenvalue weighted by molar-refractivity contribution is 7.89. The number of anilines is 1. The Morgan fingerprint density at radius 1 is 1.20 bits per heavy atom. The normalized spacial score (nSPS) is 11.6. The molecule has 0 saturated heterocycles. The minimum atomic E-state index is -3.74. The SMILES string of the molecule is Cc1ccc2cnn(CCC(=O)Nc3ccc(S(N)(=O)=O)cc3)c2c1. The number of nitrogens with two attached hydrogens (primary N) is 1. The first-order valence-electron chi connectivity index (χ1n) is 7.68. The van der Waals surface area contributed by atoms with Gasteiger partial charge >= 0.3 is 0 Å². The van der Waals surface area contributed by atoms with E-state index >= 15 is 0 Å². The molecule has 3 aromatic rings. The standard InChI is InChI=1S/C17H18N4O3S/c1-12-2-3-13-11-19-21(16(13)10-12)9-8-17(22)20-14-4-6-15(7-5-14)25(18,23)24/h2-7,10-11H,8-9H2,1H3,(H,20,22)(H2,18,23,24). The third-order valence-corrected chi connectivity index (χ3v) is 4.75. The van der Waals surface area contributed by atoms with Gasteiger partial charge in [0.1, 0.15) is 0 Å². The van der Waals surface area contributed by atoms with Crippen molar-refractivity contribution in [1.82, 2.24) is 9.78 Å². The number of benzene rings is 2. The molecule has 0 aliphatic heterocycles. The fourth-order valence-electron chi connectivity index (χ4n) is 2.52. The molecule has 0 fully saturated rings. The number of sulfonamides is 1. The molecule has 3 N–H and O–H groups in total. The minimum Gasteiger partial charge on any atom is -0.326 e. The predicted octanol–water partition coefficient (Wildman–Crippen LogP) is 2.02. The Bertz CT molecular complexity index is 1020. The van der Waals surface area contributed by atoms with E-state index in [1.54, 1.807) is 10.9 Å². The smallest absolute Gasteiger partial charge is 0.238 e. The number of aryl methyl sites for hydroxylation is 2. The van der Waals surface area contributed by atoms with Crippen LogP contribution in [0.4, 0.5) is 5.69 Å². The van der Waals surface area contributed by atoms with Crippen LogP contribution in [-0.2, 0) is 21.4 Å². The van der Waals surface area contributed by atoms with E-state index in [9.17, 15) is 13.2 Å². The van der Waals surface area contributed by atoms with Gasteiger partial charge < -0.3 is 5.32 Å². The van der Waals surface area contributed by atoms with Gasteiger partial charge in [-0.1, -0.05) is 12.1 Å². The maximum absolute atomic E-state index is 12.1. The van der Waals surface area contributed by atoms with E-state index in [1.165, 1.54) is 24.3 Å². The quantitative estimate of drug-likeness (QED) is 0.727. The van der Waals surface area contributed by atoms with Crippen LogP contribution in [0.5, 0.6) is 0 Å². The van der Waals surface area contributed by atoms with Crippen molar-refractivity contribution >= 4 is 32.5 Å². The Morgan fingerprint density at radius 2 is 1.92 bits per heavy atom. The summed E-state index contributed by atoms with van der Waals surface area (Å²) in [4.78, 5) is 12.1. The average molecular weight is 358 g/mol. The molecule has 0 aliphatic rings. The van der Waals surface area contributed by atoms with Crippen molar-refractivity contribution in [3.63, 3.8) is 0 Å². The third-order valence-electron chi connectivity index (χ3n) is 3.82. The lowest BCUT2D eigenvalue weighted by Crippen LogP contribution is -2.15. The van der Waals surface area contributed by atoms with Crippen LogP contribution in [0.1, 0.15) is 12.0 Å². The van der Waals surface area contributed by atoms with Gasteiger partial charge in [0.25, 0.3) is 0 Å². The highest BCUT2D eigenvalue weighted by atomic mass is 32.2. The number of nitrogens with one attached hydrogen (secondary N) is 1. The van der Waals surface area contributed by atoms with Crippen molar-refractivity contribution in [2.24, 2.45) is 5.14 Å². The van der Waals surface area contributed by atoms with Crippen molar-refractivity contribution in [1.29, 1.82) is 0 Å².